The molecule has 0 aromatic rings. The van der Waals surface area contributed by atoms with Gasteiger partial charge in [0.25, 0.3) is 0 Å². The SMILES string of the molecule is CNC(=O)CCNC1CC2CC1C1CCCC21. The molecule has 0 spiro atoms. The fourth-order valence-corrected chi connectivity index (χ4v) is 4.80. The highest BCUT2D eigenvalue weighted by atomic mass is 16.1. The van der Waals surface area contributed by atoms with E-state index < -0.39 is 0 Å². The summed E-state index contributed by atoms with van der Waals surface area (Å²) in [5.41, 5.74) is 0. The quantitative estimate of drug-likeness (QED) is 0.777. The Labute approximate surface area is 104 Å². The average Bonchev–Trinajstić information content (AvgIpc) is 3.00. The van der Waals surface area contributed by atoms with Crippen molar-refractivity contribution in [1.82, 2.24) is 10.6 Å². The van der Waals surface area contributed by atoms with E-state index in [1.807, 2.05) is 0 Å². The van der Waals surface area contributed by atoms with Gasteiger partial charge in [-0.3, -0.25) is 4.79 Å². The Balaban J connectivity index is 1.49. The minimum absolute atomic E-state index is 0.152. The van der Waals surface area contributed by atoms with E-state index in [2.05, 4.69) is 10.6 Å². The van der Waals surface area contributed by atoms with Crippen molar-refractivity contribution in [2.24, 2.45) is 23.7 Å². The van der Waals surface area contributed by atoms with Gasteiger partial charge in [0, 0.05) is 26.1 Å². The second kappa shape index (κ2) is 4.60. The molecular weight excluding hydrogens is 212 g/mol. The van der Waals surface area contributed by atoms with Gasteiger partial charge in [-0.2, -0.15) is 0 Å². The van der Waals surface area contributed by atoms with Crippen molar-refractivity contribution in [3.8, 4) is 0 Å². The lowest BCUT2D eigenvalue weighted by molar-refractivity contribution is -0.120. The van der Waals surface area contributed by atoms with Crippen LogP contribution in [0.1, 0.15) is 38.5 Å². The van der Waals surface area contributed by atoms with Crippen LogP contribution in [0.4, 0.5) is 0 Å². The highest BCUT2D eigenvalue weighted by Gasteiger charge is 2.53. The Morgan fingerprint density at radius 1 is 1.18 bits per heavy atom. The molecule has 0 radical (unpaired) electrons. The Bertz CT molecular complexity index is 305. The van der Waals surface area contributed by atoms with E-state index in [-0.39, 0.29) is 5.91 Å². The van der Waals surface area contributed by atoms with Gasteiger partial charge in [-0.15, -0.1) is 0 Å². The standard InChI is InChI=1S/C14H24N2O/c1-15-14(17)5-6-16-13-8-9-7-12(13)11-4-2-3-10(9)11/h9-13,16H,2-8H2,1H3,(H,15,17). The first kappa shape index (κ1) is 11.5. The molecule has 5 unspecified atom stereocenters. The number of carbonyl (C=O) groups is 1. The second-order valence-corrected chi connectivity index (χ2v) is 6.14. The summed E-state index contributed by atoms with van der Waals surface area (Å²) in [6.07, 6.45) is 7.90. The molecular formula is C14H24N2O. The van der Waals surface area contributed by atoms with Gasteiger partial charge < -0.3 is 10.6 Å². The zero-order valence-electron chi connectivity index (χ0n) is 10.7. The molecule has 17 heavy (non-hydrogen) atoms. The van der Waals surface area contributed by atoms with Crippen molar-refractivity contribution >= 4 is 5.91 Å². The Morgan fingerprint density at radius 3 is 2.82 bits per heavy atom. The maximum Gasteiger partial charge on any atom is 0.221 e. The molecule has 0 aliphatic heterocycles. The number of nitrogens with one attached hydrogen (secondary N) is 2. The van der Waals surface area contributed by atoms with Crippen molar-refractivity contribution < 1.29 is 4.79 Å². The van der Waals surface area contributed by atoms with E-state index in [1.54, 1.807) is 7.05 Å². The van der Waals surface area contributed by atoms with Gasteiger partial charge >= 0.3 is 0 Å². The molecule has 3 saturated carbocycles. The molecule has 2 N–H and O–H groups in total. The summed E-state index contributed by atoms with van der Waals surface area (Å²) < 4.78 is 0. The molecule has 0 aromatic carbocycles. The number of hydrogen-bond acceptors (Lipinski definition) is 2. The third-order valence-electron chi connectivity index (χ3n) is 5.47. The van der Waals surface area contributed by atoms with Crippen molar-refractivity contribution in [2.75, 3.05) is 13.6 Å². The van der Waals surface area contributed by atoms with Gasteiger partial charge in [0.05, 0.1) is 0 Å². The van der Waals surface area contributed by atoms with Crippen LogP contribution in [0.15, 0.2) is 0 Å². The molecule has 3 heteroatoms. The summed E-state index contributed by atoms with van der Waals surface area (Å²) in [5.74, 6) is 4.17. The van der Waals surface area contributed by atoms with E-state index in [9.17, 15) is 4.79 Å². The number of fused-ring (bicyclic) bond motifs is 5. The van der Waals surface area contributed by atoms with Gasteiger partial charge in [-0.05, 0) is 49.4 Å². The van der Waals surface area contributed by atoms with Crippen LogP contribution in [0, 0.1) is 23.7 Å². The summed E-state index contributed by atoms with van der Waals surface area (Å²) in [6, 6.07) is 0.712. The first-order chi connectivity index (χ1) is 8.29. The van der Waals surface area contributed by atoms with Gasteiger partial charge in [-0.25, -0.2) is 0 Å². The summed E-state index contributed by atoms with van der Waals surface area (Å²) in [7, 11) is 1.71. The van der Waals surface area contributed by atoms with Crippen LogP contribution in [-0.2, 0) is 4.79 Å². The zero-order chi connectivity index (χ0) is 11.8. The highest BCUT2D eigenvalue weighted by Crippen LogP contribution is 2.58. The molecule has 0 saturated heterocycles. The zero-order valence-corrected chi connectivity index (χ0v) is 10.7. The number of hydrogen-bond donors (Lipinski definition) is 2. The number of rotatable bonds is 4. The van der Waals surface area contributed by atoms with Gasteiger partial charge in [0.15, 0.2) is 0 Å². The fourth-order valence-electron chi connectivity index (χ4n) is 4.80. The topological polar surface area (TPSA) is 41.1 Å². The molecule has 0 aromatic heterocycles. The largest absolute Gasteiger partial charge is 0.359 e. The van der Waals surface area contributed by atoms with Crippen LogP contribution in [-0.4, -0.2) is 25.5 Å². The lowest BCUT2D eigenvalue weighted by Gasteiger charge is -2.32. The van der Waals surface area contributed by atoms with E-state index >= 15 is 0 Å². The van der Waals surface area contributed by atoms with Crippen LogP contribution in [0.5, 0.6) is 0 Å². The minimum Gasteiger partial charge on any atom is -0.359 e. The van der Waals surface area contributed by atoms with Crippen molar-refractivity contribution in [1.29, 1.82) is 0 Å². The Hall–Kier alpha value is -0.570. The van der Waals surface area contributed by atoms with Crippen LogP contribution < -0.4 is 10.6 Å². The molecule has 2 bridgehead atoms. The minimum atomic E-state index is 0.152. The summed E-state index contributed by atoms with van der Waals surface area (Å²) in [4.78, 5) is 11.2. The molecule has 3 nitrogen and oxygen atoms in total. The maximum atomic E-state index is 11.2. The molecule has 3 aliphatic carbocycles. The number of carbonyl (C=O) groups excluding carboxylic acids is 1. The normalized spacial score (nSPS) is 42.8. The molecule has 5 atom stereocenters. The van der Waals surface area contributed by atoms with Crippen LogP contribution in [0.25, 0.3) is 0 Å². The second-order valence-electron chi connectivity index (χ2n) is 6.14. The number of amides is 1. The third kappa shape index (κ3) is 1.99. The van der Waals surface area contributed by atoms with E-state index in [1.165, 1.54) is 32.1 Å². The van der Waals surface area contributed by atoms with Gasteiger partial charge in [-0.1, -0.05) is 6.42 Å². The van der Waals surface area contributed by atoms with E-state index in [0.717, 1.165) is 30.2 Å². The van der Waals surface area contributed by atoms with Crippen LogP contribution in [0.3, 0.4) is 0 Å². The average molecular weight is 236 g/mol. The first-order valence-corrected chi connectivity index (χ1v) is 7.23. The summed E-state index contributed by atoms with van der Waals surface area (Å²) >= 11 is 0. The summed E-state index contributed by atoms with van der Waals surface area (Å²) in [6.45, 7) is 0.852. The molecule has 3 fully saturated rings. The lowest BCUT2D eigenvalue weighted by atomic mass is 9.79. The highest BCUT2D eigenvalue weighted by molar-refractivity contribution is 5.75. The smallest absolute Gasteiger partial charge is 0.221 e. The maximum absolute atomic E-state index is 11.2. The first-order valence-electron chi connectivity index (χ1n) is 7.23. The molecule has 0 heterocycles. The van der Waals surface area contributed by atoms with Gasteiger partial charge in [0.2, 0.25) is 5.91 Å². The lowest BCUT2D eigenvalue weighted by Crippen LogP contribution is -2.40. The van der Waals surface area contributed by atoms with Crippen LogP contribution in [0.2, 0.25) is 0 Å². The van der Waals surface area contributed by atoms with E-state index in [0.29, 0.717) is 12.5 Å². The molecule has 96 valence electrons. The fraction of sp³-hybridized carbons (Fsp3) is 0.929. The van der Waals surface area contributed by atoms with Crippen molar-refractivity contribution in [3.05, 3.63) is 0 Å². The third-order valence-corrected chi connectivity index (χ3v) is 5.47. The predicted molar refractivity (Wildman–Crippen MR) is 67.5 cm³/mol. The predicted octanol–water partition coefficient (Wildman–Crippen LogP) is 1.54. The summed E-state index contributed by atoms with van der Waals surface area (Å²) in [5, 5.41) is 6.31. The Morgan fingerprint density at radius 2 is 2.00 bits per heavy atom. The van der Waals surface area contributed by atoms with Crippen molar-refractivity contribution in [2.45, 2.75) is 44.6 Å². The molecule has 3 aliphatic rings. The monoisotopic (exact) mass is 236 g/mol. The van der Waals surface area contributed by atoms with Crippen LogP contribution >= 0.6 is 0 Å². The molecule has 1 amide bonds. The van der Waals surface area contributed by atoms with Gasteiger partial charge in [0.1, 0.15) is 0 Å². The van der Waals surface area contributed by atoms with E-state index in [4.69, 9.17) is 0 Å². The molecule has 3 rings (SSSR count). The Kier molecular flexibility index (Phi) is 3.12. The van der Waals surface area contributed by atoms with Crippen molar-refractivity contribution in [3.63, 3.8) is 0 Å².